The summed E-state index contributed by atoms with van der Waals surface area (Å²) in [5.41, 5.74) is 0.315. The van der Waals surface area contributed by atoms with Crippen molar-refractivity contribution in [3.8, 4) is 0 Å². The Morgan fingerprint density at radius 3 is 2.65 bits per heavy atom. The van der Waals surface area contributed by atoms with Gasteiger partial charge in [-0.15, -0.1) is 0 Å². The first kappa shape index (κ1) is 17.8. The monoisotopic (exact) mass is 376 g/mol. The van der Waals surface area contributed by atoms with Crippen LogP contribution < -0.4 is 5.32 Å². The number of hydrogen-bond donors (Lipinski definition) is 1. The number of hydrogen-bond acceptors (Lipinski definition) is 4. The molecule has 0 aliphatic rings. The molecule has 2 rings (SSSR count). The molecule has 1 aromatic heterocycles. The predicted molar refractivity (Wildman–Crippen MR) is 89.1 cm³/mol. The highest BCUT2D eigenvalue weighted by Gasteiger charge is 2.22. The van der Waals surface area contributed by atoms with Gasteiger partial charge in [0.2, 0.25) is 15.9 Å². The molecule has 9 heteroatoms. The van der Waals surface area contributed by atoms with E-state index in [4.69, 9.17) is 27.6 Å². The van der Waals surface area contributed by atoms with Gasteiger partial charge in [0.1, 0.15) is 5.76 Å². The third kappa shape index (κ3) is 5.24. The van der Waals surface area contributed by atoms with Gasteiger partial charge in [-0.25, -0.2) is 8.42 Å². The molecule has 0 aliphatic heterocycles. The fourth-order valence-corrected chi connectivity index (χ4v) is 2.86. The fraction of sp³-hybridized carbons (Fsp3) is 0.214. The molecule has 0 atom stereocenters. The van der Waals surface area contributed by atoms with Crippen LogP contribution >= 0.6 is 23.2 Å². The van der Waals surface area contributed by atoms with Gasteiger partial charge in [-0.05, 0) is 30.3 Å². The normalized spacial score (nSPS) is 11.7. The van der Waals surface area contributed by atoms with E-state index in [9.17, 15) is 13.2 Å². The minimum Gasteiger partial charge on any atom is -0.468 e. The molecule has 0 unspecified atom stereocenters. The number of carbonyl (C=O) groups excluding carboxylic acids is 1. The highest BCUT2D eigenvalue weighted by atomic mass is 35.5. The molecule has 6 nitrogen and oxygen atoms in total. The molecule has 1 amide bonds. The van der Waals surface area contributed by atoms with Crippen LogP contribution in [0.3, 0.4) is 0 Å². The number of nitrogens with one attached hydrogen (secondary N) is 1. The number of amides is 1. The van der Waals surface area contributed by atoms with E-state index in [1.54, 1.807) is 18.2 Å². The summed E-state index contributed by atoms with van der Waals surface area (Å²) in [7, 11) is -3.59. The van der Waals surface area contributed by atoms with Gasteiger partial charge in [0, 0.05) is 5.02 Å². The first-order valence-electron chi connectivity index (χ1n) is 6.48. The van der Waals surface area contributed by atoms with Crippen LogP contribution in [-0.4, -0.2) is 31.4 Å². The summed E-state index contributed by atoms with van der Waals surface area (Å²) in [5, 5.41) is 3.25. The van der Waals surface area contributed by atoms with Crippen LogP contribution in [0.4, 0.5) is 5.69 Å². The van der Waals surface area contributed by atoms with E-state index in [-0.39, 0.29) is 13.1 Å². The first-order valence-corrected chi connectivity index (χ1v) is 9.08. The summed E-state index contributed by atoms with van der Waals surface area (Å²) >= 11 is 11.8. The zero-order chi connectivity index (χ0) is 17.0. The van der Waals surface area contributed by atoms with Gasteiger partial charge < -0.3 is 9.73 Å². The quantitative estimate of drug-likeness (QED) is 0.840. The maximum absolute atomic E-state index is 12.1. The maximum atomic E-state index is 12.1. The second kappa shape index (κ2) is 7.35. The molecule has 0 saturated carbocycles. The van der Waals surface area contributed by atoms with Crippen molar-refractivity contribution >= 4 is 44.8 Å². The largest absolute Gasteiger partial charge is 0.468 e. The second-order valence-electron chi connectivity index (χ2n) is 4.78. The number of furan rings is 1. The lowest BCUT2D eigenvalue weighted by atomic mass is 10.3. The molecule has 23 heavy (non-hydrogen) atoms. The smallest absolute Gasteiger partial charge is 0.239 e. The molecule has 0 bridgehead atoms. The van der Waals surface area contributed by atoms with Crippen LogP contribution in [0.5, 0.6) is 0 Å². The molecule has 124 valence electrons. The minimum absolute atomic E-state index is 0.0392. The Balaban J connectivity index is 2.10. The summed E-state index contributed by atoms with van der Waals surface area (Å²) in [6, 6.07) is 7.88. The molecular formula is C14H14Cl2N2O4S. The van der Waals surface area contributed by atoms with E-state index < -0.39 is 15.9 Å². The number of sulfonamides is 1. The highest BCUT2D eigenvalue weighted by molar-refractivity contribution is 7.88. The van der Waals surface area contributed by atoms with E-state index in [2.05, 4.69) is 5.32 Å². The molecule has 0 spiro atoms. The molecule has 1 N–H and O–H groups in total. The maximum Gasteiger partial charge on any atom is 0.239 e. The van der Waals surface area contributed by atoms with Crippen molar-refractivity contribution in [1.82, 2.24) is 4.31 Å². The summed E-state index contributed by atoms with van der Waals surface area (Å²) in [6.45, 7) is -0.412. The summed E-state index contributed by atoms with van der Waals surface area (Å²) < 4.78 is 29.8. The highest BCUT2D eigenvalue weighted by Crippen LogP contribution is 2.25. The number of carbonyl (C=O) groups is 1. The van der Waals surface area contributed by atoms with E-state index in [1.165, 1.54) is 18.4 Å². The number of benzene rings is 1. The average Bonchev–Trinajstić information content (AvgIpc) is 2.94. The van der Waals surface area contributed by atoms with E-state index in [0.29, 0.717) is 21.5 Å². The zero-order valence-electron chi connectivity index (χ0n) is 12.1. The molecule has 0 aliphatic carbocycles. The van der Waals surface area contributed by atoms with Crippen LogP contribution in [0.25, 0.3) is 0 Å². The Morgan fingerprint density at radius 2 is 2.04 bits per heavy atom. The molecule has 0 radical (unpaired) electrons. The third-order valence-corrected chi connectivity index (χ3v) is 4.66. The standard InChI is InChI=1S/C14H14Cl2N2O4S/c1-23(20,21)18(8-11-3-2-6-22-11)9-14(19)17-13-7-10(15)4-5-12(13)16/h2-7H,8-9H2,1H3,(H,17,19). The lowest BCUT2D eigenvalue weighted by Gasteiger charge is -2.18. The Bertz CT molecular complexity index is 791. The third-order valence-electron chi connectivity index (χ3n) is 2.90. The zero-order valence-corrected chi connectivity index (χ0v) is 14.5. The average molecular weight is 377 g/mol. The van der Waals surface area contributed by atoms with Gasteiger partial charge in [0.15, 0.2) is 0 Å². The lowest BCUT2D eigenvalue weighted by molar-refractivity contribution is -0.116. The van der Waals surface area contributed by atoms with Crippen LogP contribution in [0.2, 0.25) is 10.0 Å². The molecule has 2 aromatic rings. The molecule has 1 aromatic carbocycles. The van der Waals surface area contributed by atoms with Gasteiger partial charge in [-0.3, -0.25) is 4.79 Å². The predicted octanol–water partition coefficient (Wildman–Crippen LogP) is 2.99. The van der Waals surface area contributed by atoms with Gasteiger partial charge in [0.25, 0.3) is 0 Å². The van der Waals surface area contributed by atoms with Crippen LogP contribution in [0.15, 0.2) is 41.0 Å². The lowest BCUT2D eigenvalue weighted by Crippen LogP contribution is -2.36. The SMILES string of the molecule is CS(=O)(=O)N(CC(=O)Nc1cc(Cl)ccc1Cl)Cc1ccco1. The van der Waals surface area contributed by atoms with Crippen molar-refractivity contribution in [2.45, 2.75) is 6.54 Å². The Hall–Kier alpha value is -1.54. The van der Waals surface area contributed by atoms with Crippen molar-refractivity contribution in [2.75, 3.05) is 18.1 Å². The van der Waals surface area contributed by atoms with Crippen molar-refractivity contribution in [3.63, 3.8) is 0 Å². The Kier molecular flexibility index (Phi) is 5.69. The van der Waals surface area contributed by atoms with Gasteiger partial charge >= 0.3 is 0 Å². The second-order valence-corrected chi connectivity index (χ2v) is 7.61. The van der Waals surface area contributed by atoms with Crippen molar-refractivity contribution in [3.05, 3.63) is 52.4 Å². The number of halogens is 2. The first-order chi connectivity index (χ1) is 10.8. The molecule has 0 fully saturated rings. The van der Waals surface area contributed by atoms with Crippen LogP contribution in [0.1, 0.15) is 5.76 Å². The molecule has 1 heterocycles. The van der Waals surface area contributed by atoms with Gasteiger partial charge in [0.05, 0.1) is 36.3 Å². The van der Waals surface area contributed by atoms with Gasteiger partial charge in [-0.2, -0.15) is 4.31 Å². The van der Waals surface area contributed by atoms with Gasteiger partial charge in [-0.1, -0.05) is 23.2 Å². The van der Waals surface area contributed by atoms with Crippen molar-refractivity contribution in [1.29, 1.82) is 0 Å². The Morgan fingerprint density at radius 1 is 1.30 bits per heavy atom. The van der Waals surface area contributed by atoms with E-state index in [1.807, 2.05) is 0 Å². The van der Waals surface area contributed by atoms with E-state index in [0.717, 1.165) is 10.6 Å². The van der Waals surface area contributed by atoms with Crippen LogP contribution in [-0.2, 0) is 21.4 Å². The number of rotatable bonds is 6. The topological polar surface area (TPSA) is 79.6 Å². The minimum atomic E-state index is -3.59. The van der Waals surface area contributed by atoms with E-state index >= 15 is 0 Å². The number of anilines is 1. The molecular weight excluding hydrogens is 363 g/mol. The summed E-state index contributed by atoms with van der Waals surface area (Å²) in [5.74, 6) is -0.102. The van der Waals surface area contributed by atoms with Crippen molar-refractivity contribution < 1.29 is 17.6 Å². The number of nitrogens with zero attached hydrogens (tertiary/aromatic N) is 1. The fourth-order valence-electron chi connectivity index (χ4n) is 1.81. The summed E-state index contributed by atoms with van der Waals surface area (Å²) in [4.78, 5) is 12.1. The van der Waals surface area contributed by atoms with Crippen LogP contribution in [0, 0.1) is 0 Å². The van der Waals surface area contributed by atoms with Crippen molar-refractivity contribution in [2.24, 2.45) is 0 Å². The Labute approximate surface area is 144 Å². The molecule has 0 saturated heterocycles. The summed E-state index contributed by atoms with van der Waals surface area (Å²) in [6.07, 6.45) is 2.46.